The molecule has 0 fully saturated rings. The first-order valence-electron chi connectivity index (χ1n) is 0. The molecule has 0 aliphatic carbocycles. The quantitative estimate of drug-likeness (QED) is 0.355. The van der Waals surface area contributed by atoms with Crippen molar-refractivity contribution >= 4 is 28.3 Å². The van der Waals surface area contributed by atoms with E-state index in [1.54, 1.807) is 0 Å². The first-order chi connectivity index (χ1) is 0. The van der Waals surface area contributed by atoms with Crippen LogP contribution in [0.25, 0.3) is 0 Å². The molecule has 0 aromatic heterocycles. The second-order valence-electron chi connectivity index (χ2n) is 0. The summed E-state index contributed by atoms with van der Waals surface area (Å²) in [7, 11) is 0. The molecule has 0 N–H and O–H groups in total. The molecule has 0 aliphatic heterocycles. The topological polar surface area (TPSA) is 0 Å². The number of rotatable bonds is 0. The molecule has 6 heavy (non-hydrogen) atoms. The molecule has 0 saturated heterocycles. The summed E-state index contributed by atoms with van der Waals surface area (Å²) in [5, 5.41) is 0. The molecule has 0 aromatic rings. The van der Waals surface area contributed by atoms with Gasteiger partial charge in [0.2, 0.25) is 0 Å². The molecule has 6 heteroatoms. The summed E-state index contributed by atoms with van der Waals surface area (Å²) < 4.78 is 0. The van der Waals surface area contributed by atoms with Gasteiger partial charge in [0, 0.05) is 100 Å². The van der Waals surface area contributed by atoms with Gasteiger partial charge < -0.3 is 0 Å². The van der Waals surface area contributed by atoms with Crippen molar-refractivity contribution in [2.45, 2.75) is 0 Å². The van der Waals surface area contributed by atoms with Crippen molar-refractivity contribution in [2.75, 3.05) is 0 Å². The SMILES string of the molecule is [AlH3].[Cu].[Er].[SiH4].[Zn].[Zr]. The molecule has 0 atom stereocenters. The Morgan fingerprint density at radius 1 is 1.00 bits per heavy atom. The molecule has 0 nitrogen and oxygen atoms in total. The van der Waals surface area contributed by atoms with Gasteiger partial charge in [-0.1, -0.05) is 0 Å². The van der Waals surface area contributed by atoms with Crippen LogP contribution in [-0.4, -0.2) is 28.3 Å². The molecule has 43 valence electrons. The summed E-state index contributed by atoms with van der Waals surface area (Å²) in [6.45, 7) is 0. The molecule has 0 amide bonds. The van der Waals surface area contributed by atoms with Crippen LogP contribution < -0.4 is 0 Å². The van der Waals surface area contributed by atoms with Gasteiger partial charge in [-0.3, -0.25) is 0 Å². The van der Waals surface area contributed by atoms with Gasteiger partial charge in [0.25, 0.3) is 0 Å². The number of hydrogen-bond acceptors (Lipinski definition) is 0. The van der Waals surface area contributed by atoms with Crippen LogP contribution in [-0.2, 0) is 62.8 Å². The third-order valence-corrected chi connectivity index (χ3v) is 0. The normalized spacial score (nSPS) is 0. The molecule has 0 heterocycles. The van der Waals surface area contributed by atoms with Gasteiger partial charge in [-0.15, -0.1) is 0 Å². The minimum Gasteiger partial charge on any atom is -0.0149 e. The van der Waals surface area contributed by atoms with E-state index >= 15 is 0 Å². The standard InChI is InChI=1S/Al.Cu.Er.H4Si.Zn.Zr.3H/h;;;1H4;;;;;. The van der Waals surface area contributed by atoms with E-state index in [2.05, 4.69) is 0 Å². The Bertz CT molecular complexity index is 15.5. The second-order valence-corrected chi connectivity index (χ2v) is 0. The minimum absolute atomic E-state index is 0. The fraction of sp³-hybridized carbons (Fsp3) is 0. The summed E-state index contributed by atoms with van der Waals surface area (Å²) in [5.74, 6) is 0. The predicted octanol–water partition coefficient (Wildman–Crippen LogP) is -2.64. The molecule has 1 radical (unpaired) electrons. The number of hydrogen-bond donors (Lipinski definition) is 0. The van der Waals surface area contributed by atoms with E-state index in [0.29, 0.717) is 0 Å². The second kappa shape index (κ2) is 35.9. The van der Waals surface area contributed by atoms with Crippen molar-refractivity contribution in [2.24, 2.45) is 0 Å². The van der Waals surface area contributed by atoms with E-state index in [1.807, 2.05) is 0 Å². The average Bonchev–Trinajstić information content (AvgIpc) is 0. The average molecular weight is 450 g/mol. The van der Waals surface area contributed by atoms with Gasteiger partial charge >= 0.3 is 0 Å². The van der Waals surface area contributed by atoms with E-state index in [1.165, 1.54) is 0 Å². The molecule has 0 unspecified atom stereocenters. The van der Waals surface area contributed by atoms with Crippen LogP contribution in [0.4, 0.5) is 0 Å². The Morgan fingerprint density at radius 2 is 1.00 bits per heavy atom. The Labute approximate surface area is 125 Å². The maximum Gasteiger partial charge on any atom is 0.187 e. The van der Waals surface area contributed by atoms with Crippen molar-refractivity contribution in [3.05, 3.63) is 0 Å². The minimum atomic E-state index is 0. The van der Waals surface area contributed by atoms with Gasteiger partial charge in [0.05, 0.1) is 0 Å². The van der Waals surface area contributed by atoms with Crippen molar-refractivity contribution < 1.29 is 100 Å². The van der Waals surface area contributed by atoms with Gasteiger partial charge in [-0.05, 0) is 11.0 Å². The predicted molar refractivity (Wildman–Crippen MR) is 21.3 cm³/mol. The van der Waals surface area contributed by atoms with Crippen LogP contribution in [0.2, 0.25) is 0 Å². The fourth-order valence-electron chi connectivity index (χ4n) is 0. The first kappa shape index (κ1) is 50.4. The Morgan fingerprint density at radius 3 is 1.00 bits per heavy atom. The van der Waals surface area contributed by atoms with Crippen LogP contribution in [0, 0.1) is 37.3 Å². The summed E-state index contributed by atoms with van der Waals surface area (Å²) in [6.07, 6.45) is 0. The molecular weight excluding hydrogens is 442 g/mol. The zero-order valence-electron chi connectivity index (χ0n) is 1.80. The third-order valence-electron chi connectivity index (χ3n) is 0. The van der Waals surface area contributed by atoms with Crippen LogP contribution in [0.1, 0.15) is 0 Å². The van der Waals surface area contributed by atoms with Gasteiger partial charge in [0.1, 0.15) is 0 Å². The largest absolute Gasteiger partial charge is 0.187 e. The molecule has 0 aromatic carbocycles. The third kappa shape index (κ3) is 24.5. The van der Waals surface area contributed by atoms with Gasteiger partial charge in [-0.2, -0.15) is 0 Å². The van der Waals surface area contributed by atoms with Crippen LogP contribution in [0.5, 0.6) is 0 Å². The zero-order valence-corrected chi connectivity index (χ0v) is 10.0. The molecule has 0 bridgehead atoms. The Kier molecular flexibility index (Phi) is 302. The summed E-state index contributed by atoms with van der Waals surface area (Å²) in [5.41, 5.74) is 0. The van der Waals surface area contributed by atoms with E-state index in [9.17, 15) is 0 Å². The first-order valence-corrected chi connectivity index (χ1v) is 0. The van der Waals surface area contributed by atoms with Crippen molar-refractivity contribution in [1.29, 1.82) is 0 Å². The van der Waals surface area contributed by atoms with Crippen LogP contribution in [0.3, 0.4) is 0 Å². The Balaban J connectivity index is 0. The molecular formula is H7AlCuErSiZnZr. The van der Waals surface area contributed by atoms with Crippen LogP contribution in [0.15, 0.2) is 0 Å². The summed E-state index contributed by atoms with van der Waals surface area (Å²) in [6, 6.07) is 0. The van der Waals surface area contributed by atoms with E-state index in [4.69, 9.17) is 0 Å². The zero-order chi connectivity index (χ0) is 0. The van der Waals surface area contributed by atoms with Gasteiger partial charge in [-0.25, -0.2) is 0 Å². The maximum atomic E-state index is 0. The van der Waals surface area contributed by atoms with E-state index in [0.717, 1.165) is 0 Å². The van der Waals surface area contributed by atoms with Crippen molar-refractivity contribution in [3.8, 4) is 0 Å². The Hall–Kier alpha value is 4.02. The fourth-order valence-corrected chi connectivity index (χ4v) is 0. The van der Waals surface area contributed by atoms with Crippen LogP contribution >= 0.6 is 0 Å². The monoisotopic (exact) mass is 445 g/mol. The van der Waals surface area contributed by atoms with E-state index < -0.39 is 0 Å². The molecule has 0 rings (SSSR count). The molecule has 0 saturated carbocycles. The molecule has 0 spiro atoms. The van der Waals surface area contributed by atoms with Gasteiger partial charge in [0.15, 0.2) is 17.4 Å². The summed E-state index contributed by atoms with van der Waals surface area (Å²) >= 11 is 0. The maximum absolute atomic E-state index is 0. The summed E-state index contributed by atoms with van der Waals surface area (Å²) in [4.78, 5) is 0. The van der Waals surface area contributed by atoms with Crippen molar-refractivity contribution in [1.82, 2.24) is 0 Å². The molecule has 0 aliphatic rings. The van der Waals surface area contributed by atoms with E-state index in [-0.39, 0.29) is 128 Å². The van der Waals surface area contributed by atoms with Crippen molar-refractivity contribution in [3.63, 3.8) is 0 Å². The smallest absolute Gasteiger partial charge is 0.0149 e.